The molecule has 0 spiro atoms. The molecule has 1 rings (SSSR count). The molecule has 3 N–H and O–H groups in total. The number of H-pyrrole nitrogens is 1. The van der Waals surface area contributed by atoms with Crippen LogP contribution in [0.2, 0.25) is 0 Å². The summed E-state index contributed by atoms with van der Waals surface area (Å²) in [4.78, 5) is 11.6. The van der Waals surface area contributed by atoms with E-state index in [2.05, 4.69) is 38.7 Å². The van der Waals surface area contributed by atoms with Crippen LogP contribution in [-0.2, 0) is 0 Å². The summed E-state index contributed by atoms with van der Waals surface area (Å²) in [5.41, 5.74) is 0. The number of allylic oxidation sites excluding steroid dienone is 2. The molecule has 1 aromatic heterocycles. The number of hydrogen-bond acceptors (Lipinski definition) is 5. The first-order valence-corrected chi connectivity index (χ1v) is 9.85. The Morgan fingerprint density at radius 2 is 1.20 bits per heavy atom. The molecule has 0 fully saturated rings. The first-order valence-electron chi connectivity index (χ1n) is 9.44. The van der Waals surface area contributed by atoms with E-state index in [1.165, 1.54) is 38.5 Å². The fourth-order valence-corrected chi connectivity index (χ4v) is 2.68. The Balaban J connectivity index is 2.22. The van der Waals surface area contributed by atoms with E-state index in [9.17, 15) is 0 Å². The van der Waals surface area contributed by atoms with E-state index in [1.54, 1.807) is 0 Å². The van der Waals surface area contributed by atoms with Gasteiger partial charge in [-0.15, -0.1) is 13.2 Å². The lowest BCUT2D eigenvalue weighted by Gasteiger charge is -2.09. The zero-order valence-electron chi connectivity index (χ0n) is 15.4. The largest absolute Gasteiger partial charge is 0.356 e. The summed E-state index contributed by atoms with van der Waals surface area (Å²) >= 11 is 5.15. The summed E-state index contributed by atoms with van der Waals surface area (Å²) in [5, 5.41) is 6.60. The summed E-state index contributed by atoms with van der Waals surface area (Å²) in [6, 6.07) is 0. The van der Waals surface area contributed by atoms with Crippen molar-refractivity contribution >= 4 is 24.1 Å². The van der Waals surface area contributed by atoms with Crippen LogP contribution in [0.25, 0.3) is 0 Å². The molecule has 0 aliphatic rings. The van der Waals surface area contributed by atoms with Crippen LogP contribution in [0.3, 0.4) is 0 Å². The highest BCUT2D eigenvalue weighted by Gasteiger charge is 2.00. The van der Waals surface area contributed by atoms with Crippen molar-refractivity contribution in [1.29, 1.82) is 0 Å². The Bertz CT molecular complexity index is 498. The average Bonchev–Trinajstić information content (AvgIpc) is 2.60. The van der Waals surface area contributed by atoms with Gasteiger partial charge >= 0.3 is 0 Å². The van der Waals surface area contributed by atoms with Crippen molar-refractivity contribution in [3.8, 4) is 0 Å². The van der Waals surface area contributed by atoms with Crippen LogP contribution >= 0.6 is 12.2 Å². The van der Waals surface area contributed by atoms with Crippen molar-refractivity contribution < 1.29 is 0 Å². The highest BCUT2D eigenvalue weighted by molar-refractivity contribution is 7.71. The second-order valence-corrected chi connectivity index (χ2v) is 6.53. The van der Waals surface area contributed by atoms with Gasteiger partial charge in [0, 0.05) is 13.1 Å². The SMILES string of the molecule is C=CCCCCCCNc1nc(=S)nc(NCCCCCCC=C)[nH]1. The minimum atomic E-state index is 0.362. The Hall–Kier alpha value is -1.69. The molecule has 0 amide bonds. The number of aromatic amines is 1. The molecule has 0 atom stereocenters. The van der Waals surface area contributed by atoms with Crippen LogP contribution in [0.1, 0.15) is 64.2 Å². The van der Waals surface area contributed by atoms with E-state index in [0.717, 1.165) is 38.8 Å². The second kappa shape index (κ2) is 14.6. The van der Waals surface area contributed by atoms with Gasteiger partial charge in [-0.3, -0.25) is 4.98 Å². The first-order chi connectivity index (χ1) is 12.3. The fourth-order valence-electron chi connectivity index (χ4n) is 2.50. The molecule has 0 aliphatic heterocycles. The lowest BCUT2D eigenvalue weighted by molar-refractivity contribution is 0.658. The molecule has 140 valence electrons. The number of hydrogen-bond donors (Lipinski definition) is 3. The molecule has 0 aliphatic carbocycles. The van der Waals surface area contributed by atoms with E-state index in [4.69, 9.17) is 12.2 Å². The molecular weight excluding hydrogens is 330 g/mol. The average molecular weight is 364 g/mol. The molecule has 1 heterocycles. The van der Waals surface area contributed by atoms with Crippen LogP contribution in [0, 0.1) is 4.77 Å². The van der Waals surface area contributed by atoms with Crippen molar-refractivity contribution in [3.05, 3.63) is 30.1 Å². The summed E-state index contributed by atoms with van der Waals surface area (Å²) < 4.78 is 0.362. The van der Waals surface area contributed by atoms with Gasteiger partial charge in [0.15, 0.2) is 0 Å². The van der Waals surface area contributed by atoms with E-state index < -0.39 is 0 Å². The van der Waals surface area contributed by atoms with E-state index >= 15 is 0 Å². The molecule has 0 saturated heterocycles. The Kier molecular flexibility index (Phi) is 12.5. The fraction of sp³-hybridized carbons (Fsp3) is 0.632. The topological polar surface area (TPSA) is 65.6 Å². The third-order valence-electron chi connectivity index (χ3n) is 3.91. The molecule has 1 aromatic rings. The lowest BCUT2D eigenvalue weighted by atomic mass is 10.1. The summed E-state index contributed by atoms with van der Waals surface area (Å²) in [6.07, 6.45) is 15.8. The number of nitrogens with one attached hydrogen (secondary N) is 3. The number of nitrogens with zero attached hydrogens (tertiary/aromatic N) is 2. The van der Waals surface area contributed by atoms with E-state index in [-0.39, 0.29) is 0 Å². The number of aromatic nitrogens is 3. The molecule has 0 unspecified atom stereocenters. The molecule has 25 heavy (non-hydrogen) atoms. The molecule has 6 heteroatoms. The quantitative estimate of drug-likeness (QED) is 0.202. The standard InChI is InChI=1S/C19H33N5S/c1-3-5-7-9-11-13-15-20-17-22-18(24-19(25)23-17)21-16-14-12-10-8-6-4-2/h3-4H,1-2,5-16H2,(H3,20,21,22,23,24,25). The zero-order valence-corrected chi connectivity index (χ0v) is 16.2. The van der Waals surface area contributed by atoms with Gasteiger partial charge in [0.1, 0.15) is 0 Å². The number of anilines is 2. The lowest BCUT2D eigenvalue weighted by Crippen LogP contribution is -2.11. The minimum absolute atomic E-state index is 0.362. The maximum atomic E-state index is 5.15. The third-order valence-corrected chi connectivity index (χ3v) is 4.09. The van der Waals surface area contributed by atoms with E-state index in [1.807, 2.05) is 12.2 Å². The predicted molar refractivity (Wildman–Crippen MR) is 111 cm³/mol. The second-order valence-electron chi connectivity index (χ2n) is 6.17. The van der Waals surface area contributed by atoms with Crippen LogP contribution < -0.4 is 10.6 Å². The van der Waals surface area contributed by atoms with Gasteiger partial charge in [-0.05, 0) is 50.7 Å². The van der Waals surface area contributed by atoms with E-state index in [0.29, 0.717) is 16.7 Å². The van der Waals surface area contributed by atoms with Crippen LogP contribution in [0.5, 0.6) is 0 Å². The summed E-state index contributed by atoms with van der Waals surface area (Å²) in [5.74, 6) is 1.39. The smallest absolute Gasteiger partial charge is 0.225 e. The molecule has 0 aromatic carbocycles. The van der Waals surface area contributed by atoms with Crippen molar-refractivity contribution in [2.45, 2.75) is 64.2 Å². The molecule has 0 radical (unpaired) electrons. The van der Waals surface area contributed by atoms with Gasteiger partial charge in [0.05, 0.1) is 0 Å². The monoisotopic (exact) mass is 363 g/mol. The zero-order chi connectivity index (χ0) is 18.2. The summed E-state index contributed by atoms with van der Waals surface area (Å²) in [6.45, 7) is 9.26. The normalized spacial score (nSPS) is 10.4. The third kappa shape index (κ3) is 11.5. The van der Waals surface area contributed by atoms with Gasteiger partial charge in [-0.2, -0.15) is 9.97 Å². The molecule has 0 bridgehead atoms. The molecule has 0 saturated carbocycles. The molecule has 5 nitrogen and oxygen atoms in total. The van der Waals surface area contributed by atoms with Crippen molar-refractivity contribution in [2.75, 3.05) is 23.7 Å². The minimum Gasteiger partial charge on any atom is -0.356 e. The van der Waals surface area contributed by atoms with Gasteiger partial charge in [-0.1, -0.05) is 37.8 Å². The summed E-state index contributed by atoms with van der Waals surface area (Å²) in [7, 11) is 0. The Labute approximate surface area is 157 Å². The Morgan fingerprint density at radius 1 is 0.760 bits per heavy atom. The Morgan fingerprint density at radius 3 is 1.64 bits per heavy atom. The highest BCUT2D eigenvalue weighted by Crippen LogP contribution is 2.07. The predicted octanol–water partition coefficient (Wildman–Crippen LogP) is 5.63. The van der Waals surface area contributed by atoms with Crippen molar-refractivity contribution in [1.82, 2.24) is 15.0 Å². The van der Waals surface area contributed by atoms with Crippen LogP contribution in [0.4, 0.5) is 11.9 Å². The van der Waals surface area contributed by atoms with Crippen LogP contribution in [0.15, 0.2) is 25.3 Å². The van der Waals surface area contributed by atoms with Gasteiger partial charge in [0.2, 0.25) is 16.7 Å². The van der Waals surface area contributed by atoms with Gasteiger partial charge < -0.3 is 10.6 Å². The van der Waals surface area contributed by atoms with Crippen LogP contribution in [-0.4, -0.2) is 28.0 Å². The van der Waals surface area contributed by atoms with Gasteiger partial charge in [-0.25, -0.2) is 0 Å². The number of unbranched alkanes of at least 4 members (excludes halogenated alkanes) is 8. The molecular formula is C19H33N5S. The number of rotatable bonds is 16. The first kappa shape index (κ1) is 21.4. The van der Waals surface area contributed by atoms with Crippen molar-refractivity contribution in [2.24, 2.45) is 0 Å². The maximum absolute atomic E-state index is 5.15. The highest BCUT2D eigenvalue weighted by atomic mass is 32.1. The maximum Gasteiger partial charge on any atom is 0.225 e. The van der Waals surface area contributed by atoms with Gasteiger partial charge in [0.25, 0.3) is 0 Å². The van der Waals surface area contributed by atoms with Crippen molar-refractivity contribution in [3.63, 3.8) is 0 Å².